The van der Waals surface area contributed by atoms with Crippen LogP contribution in [0.5, 0.6) is 0 Å². The molecule has 1 rings (SSSR count). The molecule has 0 aliphatic heterocycles. The van der Waals surface area contributed by atoms with Gasteiger partial charge in [-0.2, -0.15) is 0 Å². The Morgan fingerprint density at radius 1 is 1.27 bits per heavy atom. The van der Waals surface area contributed by atoms with Gasteiger partial charge in [0.25, 0.3) is 0 Å². The van der Waals surface area contributed by atoms with E-state index in [9.17, 15) is 5.11 Å². The lowest BCUT2D eigenvalue weighted by Gasteiger charge is -2.31. The molecule has 15 heavy (non-hydrogen) atoms. The van der Waals surface area contributed by atoms with E-state index in [0.29, 0.717) is 24.5 Å². The van der Waals surface area contributed by atoms with Crippen molar-refractivity contribution >= 4 is 0 Å². The molecule has 1 aliphatic carbocycles. The fraction of sp³-hybridized carbons (Fsp3) is 1.00. The molecule has 0 heterocycles. The molecule has 1 saturated carbocycles. The maximum Gasteiger partial charge on any atom is 0.0462 e. The van der Waals surface area contributed by atoms with E-state index in [2.05, 4.69) is 19.2 Å². The van der Waals surface area contributed by atoms with Gasteiger partial charge >= 0.3 is 0 Å². The van der Waals surface area contributed by atoms with Crippen LogP contribution in [-0.2, 0) is 0 Å². The van der Waals surface area contributed by atoms with Gasteiger partial charge in [0.15, 0.2) is 0 Å². The highest BCUT2D eigenvalue weighted by molar-refractivity contribution is 4.77. The molecule has 0 spiro atoms. The van der Waals surface area contributed by atoms with Crippen LogP contribution >= 0.6 is 0 Å². The second-order valence-electron chi connectivity index (χ2n) is 5.09. The molecule has 3 atom stereocenters. The standard InChI is InChI=1S/C13H27NO/c1-3-6-11(2)14-9-12-7-4-5-8-13(12)10-15/h11-15H,3-10H2,1-2H3. The number of hydrogen-bond acceptors (Lipinski definition) is 2. The highest BCUT2D eigenvalue weighted by atomic mass is 16.3. The molecule has 3 unspecified atom stereocenters. The fourth-order valence-corrected chi connectivity index (χ4v) is 2.68. The van der Waals surface area contributed by atoms with Gasteiger partial charge in [0.05, 0.1) is 0 Å². The Balaban J connectivity index is 2.22. The summed E-state index contributed by atoms with van der Waals surface area (Å²) in [5.41, 5.74) is 0. The van der Waals surface area contributed by atoms with Crippen LogP contribution < -0.4 is 5.32 Å². The monoisotopic (exact) mass is 213 g/mol. The molecule has 1 fully saturated rings. The molecular formula is C13H27NO. The van der Waals surface area contributed by atoms with E-state index in [-0.39, 0.29) is 0 Å². The first-order chi connectivity index (χ1) is 7.27. The molecule has 0 aromatic heterocycles. The van der Waals surface area contributed by atoms with Crippen molar-refractivity contribution in [1.29, 1.82) is 0 Å². The Hall–Kier alpha value is -0.0800. The van der Waals surface area contributed by atoms with Crippen molar-refractivity contribution < 1.29 is 5.11 Å². The number of rotatable bonds is 6. The van der Waals surface area contributed by atoms with Gasteiger partial charge in [0, 0.05) is 12.6 Å². The molecule has 90 valence electrons. The summed E-state index contributed by atoms with van der Waals surface area (Å²) in [6.45, 7) is 5.98. The average molecular weight is 213 g/mol. The van der Waals surface area contributed by atoms with Gasteiger partial charge in [0.1, 0.15) is 0 Å². The van der Waals surface area contributed by atoms with Crippen LogP contribution in [0.1, 0.15) is 52.4 Å². The highest BCUT2D eigenvalue weighted by Gasteiger charge is 2.24. The normalized spacial score (nSPS) is 29.0. The Morgan fingerprint density at radius 3 is 2.53 bits per heavy atom. The molecule has 1 aliphatic rings. The lowest BCUT2D eigenvalue weighted by Crippen LogP contribution is -2.36. The van der Waals surface area contributed by atoms with E-state index in [1.165, 1.54) is 38.5 Å². The first kappa shape index (κ1) is 13.0. The maximum absolute atomic E-state index is 9.30. The SMILES string of the molecule is CCCC(C)NCC1CCCCC1CO. The van der Waals surface area contributed by atoms with Crippen LogP contribution in [-0.4, -0.2) is 24.3 Å². The number of nitrogens with one attached hydrogen (secondary N) is 1. The number of hydrogen-bond donors (Lipinski definition) is 2. The quantitative estimate of drug-likeness (QED) is 0.711. The highest BCUT2D eigenvalue weighted by Crippen LogP contribution is 2.29. The summed E-state index contributed by atoms with van der Waals surface area (Å²) in [5, 5.41) is 12.9. The minimum Gasteiger partial charge on any atom is -0.396 e. The predicted octanol–water partition coefficient (Wildman–Crippen LogP) is 2.56. The molecular weight excluding hydrogens is 186 g/mol. The predicted molar refractivity (Wildman–Crippen MR) is 64.9 cm³/mol. The van der Waals surface area contributed by atoms with Crippen molar-refractivity contribution in [3.63, 3.8) is 0 Å². The van der Waals surface area contributed by atoms with Crippen molar-refractivity contribution in [3.8, 4) is 0 Å². The van der Waals surface area contributed by atoms with Gasteiger partial charge in [-0.25, -0.2) is 0 Å². The summed E-state index contributed by atoms with van der Waals surface area (Å²) in [7, 11) is 0. The van der Waals surface area contributed by atoms with E-state index in [0.717, 1.165) is 6.54 Å². The number of aliphatic hydroxyl groups excluding tert-OH is 1. The third-order valence-corrected chi connectivity index (χ3v) is 3.75. The largest absolute Gasteiger partial charge is 0.396 e. The smallest absolute Gasteiger partial charge is 0.0462 e. The Morgan fingerprint density at radius 2 is 1.93 bits per heavy atom. The van der Waals surface area contributed by atoms with Gasteiger partial charge in [-0.05, 0) is 44.6 Å². The lowest BCUT2D eigenvalue weighted by atomic mass is 9.79. The second-order valence-corrected chi connectivity index (χ2v) is 5.09. The Kier molecular flexibility index (Phi) is 6.26. The Bertz CT molecular complexity index is 161. The molecule has 0 aromatic carbocycles. The second kappa shape index (κ2) is 7.24. The molecule has 0 bridgehead atoms. The van der Waals surface area contributed by atoms with Crippen LogP contribution in [0.3, 0.4) is 0 Å². The van der Waals surface area contributed by atoms with E-state index in [1.54, 1.807) is 0 Å². The fourth-order valence-electron chi connectivity index (χ4n) is 2.68. The van der Waals surface area contributed by atoms with Crippen molar-refractivity contribution in [2.24, 2.45) is 11.8 Å². The van der Waals surface area contributed by atoms with Crippen LogP contribution in [0.25, 0.3) is 0 Å². The number of aliphatic hydroxyl groups is 1. The summed E-state index contributed by atoms with van der Waals surface area (Å²) in [5.74, 6) is 1.27. The van der Waals surface area contributed by atoms with Crippen molar-refractivity contribution in [1.82, 2.24) is 5.32 Å². The van der Waals surface area contributed by atoms with E-state index < -0.39 is 0 Å². The minimum atomic E-state index is 0.383. The Labute approximate surface area is 94.5 Å². The zero-order valence-electron chi connectivity index (χ0n) is 10.3. The van der Waals surface area contributed by atoms with E-state index in [1.807, 2.05) is 0 Å². The van der Waals surface area contributed by atoms with Crippen molar-refractivity contribution in [3.05, 3.63) is 0 Å². The summed E-state index contributed by atoms with van der Waals surface area (Å²) in [6, 6.07) is 0.635. The molecule has 2 N–H and O–H groups in total. The summed E-state index contributed by atoms with van der Waals surface area (Å²) < 4.78 is 0. The lowest BCUT2D eigenvalue weighted by molar-refractivity contribution is 0.131. The zero-order valence-corrected chi connectivity index (χ0v) is 10.3. The topological polar surface area (TPSA) is 32.3 Å². The zero-order chi connectivity index (χ0) is 11.1. The molecule has 0 aromatic rings. The van der Waals surface area contributed by atoms with E-state index >= 15 is 0 Å². The average Bonchev–Trinajstić information content (AvgIpc) is 2.27. The van der Waals surface area contributed by atoms with E-state index in [4.69, 9.17) is 0 Å². The third-order valence-electron chi connectivity index (χ3n) is 3.75. The van der Waals surface area contributed by atoms with Crippen LogP contribution in [0.4, 0.5) is 0 Å². The first-order valence-corrected chi connectivity index (χ1v) is 6.62. The van der Waals surface area contributed by atoms with Crippen LogP contribution in [0.15, 0.2) is 0 Å². The van der Waals surface area contributed by atoms with Crippen molar-refractivity contribution in [2.45, 2.75) is 58.4 Å². The molecule has 0 saturated heterocycles. The van der Waals surface area contributed by atoms with Crippen LogP contribution in [0, 0.1) is 11.8 Å². The maximum atomic E-state index is 9.30. The summed E-state index contributed by atoms with van der Waals surface area (Å²) in [6.07, 6.45) is 7.71. The van der Waals surface area contributed by atoms with Gasteiger partial charge in [-0.15, -0.1) is 0 Å². The van der Waals surface area contributed by atoms with Gasteiger partial charge in [-0.3, -0.25) is 0 Å². The van der Waals surface area contributed by atoms with Crippen molar-refractivity contribution in [2.75, 3.05) is 13.2 Å². The van der Waals surface area contributed by atoms with Crippen LogP contribution in [0.2, 0.25) is 0 Å². The van der Waals surface area contributed by atoms with Gasteiger partial charge in [0.2, 0.25) is 0 Å². The molecule has 0 amide bonds. The molecule has 0 radical (unpaired) electrons. The van der Waals surface area contributed by atoms with Gasteiger partial charge < -0.3 is 10.4 Å². The summed E-state index contributed by atoms with van der Waals surface area (Å²) in [4.78, 5) is 0. The summed E-state index contributed by atoms with van der Waals surface area (Å²) >= 11 is 0. The molecule has 2 heteroatoms. The van der Waals surface area contributed by atoms with Gasteiger partial charge in [-0.1, -0.05) is 26.2 Å². The third kappa shape index (κ3) is 4.52. The molecule has 2 nitrogen and oxygen atoms in total. The first-order valence-electron chi connectivity index (χ1n) is 6.62. The minimum absolute atomic E-state index is 0.383.